The van der Waals surface area contributed by atoms with Gasteiger partial charge in [-0.15, -0.1) is 13.2 Å². The summed E-state index contributed by atoms with van der Waals surface area (Å²) in [5.74, 6) is -1.76. The third-order valence-electron chi connectivity index (χ3n) is 3.16. The van der Waals surface area contributed by atoms with Gasteiger partial charge in [0.25, 0.3) is 0 Å². The van der Waals surface area contributed by atoms with Gasteiger partial charge in [0.15, 0.2) is 0 Å². The van der Waals surface area contributed by atoms with Gasteiger partial charge in [-0.3, -0.25) is 0 Å². The molecule has 0 unspecified atom stereocenters. The van der Waals surface area contributed by atoms with E-state index in [9.17, 15) is 35.8 Å². The lowest BCUT2D eigenvalue weighted by Gasteiger charge is -2.31. The van der Waals surface area contributed by atoms with Gasteiger partial charge in [-0.1, -0.05) is 24.3 Å². The highest BCUT2D eigenvalue weighted by Crippen LogP contribution is 2.45. The molecule has 0 aliphatic rings. The Balaban J connectivity index is 2.57. The highest BCUT2D eigenvalue weighted by molar-refractivity contribution is 5.41. The highest BCUT2D eigenvalue weighted by atomic mass is 19.4. The van der Waals surface area contributed by atoms with Gasteiger partial charge in [0, 0.05) is 5.56 Å². The van der Waals surface area contributed by atoms with Crippen molar-refractivity contribution in [1.82, 2.24) is 0 Å². The fourth-order valence-electron chi connectivity index (χ4n) is 2.10. The summed E-state index contributed by atoms with van der Waals surface area (Å²) in [6.45, 7) is 0. The molecule has 0 spiro atoms. The Morgan fingerprint density at radius 3 is 1.88 bits per heavy atom. The van der Waals surface area contributed by atoms with Crippen LogP contribution in [0.15, 0.2) is 48.5 Å². The van der Waals surface area contributed by atoms with E-state index in [-0.39, 0.29) is 0 Å². The van der Waals surface area contributed by atoms with Crippen LogP contribution in [0.5, 0.6) is 5.75 Å². The minimum absolute atomic E-state index is 0.421. The molecule has 0 bridgehead atoms. The van der Waals surface area contributed by atoms with Gasteiger partial charge in [0.1, 0.15) is 11.6 Å². The highest BCUT2D eigenvalue weighted by Gasteiger charge is 2.56. The lowest BCUT2D eigenvalue weighted by molar-refractivity contribution is -0.274. The summed E-state index contributed by atoms with van der Waals surface area (Å²) >= 11 is 0. The molecule has 1 atom stereocenters. The Morgan fingerprint density at radius 2 is 1.38 bits per heavy atom. The maximum absolute atomic E-state index is 13.4. The normalized spacial score (nSPS) is 15.0. The van der Waals surface area contributed by atoms with E-state index in [1.807, 2.05) is 0 Å². The van der Waals surface area contributed by atoms with Crippen molar-refractivity contribution in [3.05, 3.63) is 65.5 Å². The Bertz CT molecular complexity index is 707. The number of benzene rings is 2. The van der Waals surface area contributed by atoms with Crippen molar-refractivity contribution >= 4 is 0 Å². The molecule has 0 aliphatic heterocycles. The van der Waals surface area contributed by atoms with E-state index in [0.717, 1.165) is 18.2 Å². The van der Waals surface area contributed by atoms with Crippen LogP contribution in [-0.4, -0.2) is 17.6 Å². The lowest BCUT2D eigenvalue weighted by atomic mass is 9.85. The van der Waals surface area contributed by atoms with Crippen LogP contribution in [0.3, 0.4) is 0 Å². The first-order valence-electron chi connectivity index (χ1n) is 6.35. The summed E-state index contributed by atoms with van der Waals surface area (Å²) in [6, 6.07) is 5.66. The monoisotopic (exact) mass is 354 g/mol. The fourth-order valence-corrected chi connectivity index (χ4v) is 2.10. The molecule has 0 aromatic heterocycles. The van der Waals surface area contributed by atoms with Crippen molar-refractivity contribution in [3.8, 4) is 5.75 Å². The van der Waals surface area contributed by atoms with Gasteiger partial charge in [-0.05, 0) is 29.8 Å². The average Bonchev–Trinajstić information content (AvgIpc) is 2.44. The molecule has 2 rings (SSSR count). The molecule has 0 fully saturated rings. The van der Waals surface area contributed by atoms with Crippen LogP contribution in [-0.2, 0) is 5.60 Å². The number of aliphatic hydroxyl groups is 1. The predicted molar refractivity (Wildman–Crippen MR) is 68.6 cm³/mol. The molecule has 0 saturated carbocycles. The first-order chi connectivity index (χ1) is 10.9. The van der Waals surface area contributed by atoms with E-state index >= 15 is 0 Å². The van der Waals surface area contributed by atoms with Crippen molar-refractivity contribution in [2.24, 2.45) is 0 Å². The summed E-state index contributed by atoms with van der Waals surface area (Å²) in [5, 5.41) is 10.2. The summed E-state index contributed by atoms with van der Waals surface area (Å²) in [6.07, 6.45) is -10.4. The molecule has 9 heteroatoms. The summed E-state index contributed by atoms with van der Waals surface area (Å²) in [5.41, 5.74) is -5.28. The van der Waals surface area contributed by atoms with Crippen molar-refractivity contribution < 1.29 is 40.6 Å². The van der Waals surface area contributed by atoms with E-state index in [0.29, 0.717) is 30.3 Å². The van der Waals surface area contributed by atoms with Crippen molar-refractivity contribution in [2.45, 2.75) is 18.1 Å². The summed E-state index contributed by atoms with van der Waals surface area (Å²) in [4.78, 5) is 0. The molecular formula is C15H9F7O2. The maximum atomic E-state index is 13.4. The molecule has 24 heavy (non-hydrogen) atoms. The number of hydrogen-bond acceptors (Lipinski definition) is 2. The van der Waals surface area contributed by atoms with Gasteiger partial charge in [-0.25, -0.2) is 4.39 Å². The second-order valence-electron chi connectivity index (χ2n) is 4.79. The Hall–Kier alpha value is -2.29. The van der Waals surface area contributed by atoms with Crippen LogP contribution in [0.2, 0.25) is 0 Å². The van der Waals surface area contributed by atoms with Crippen molar-refractivity contribution in [1.29, 1.82) is 0 Å². The molecule has 0 aliphatic carbocycles. The second kappa shape index (κ2) is 5.97. The van der Waals surface area contributed by atoms with Crippen LogP contribution < -0.4 is 4.74 Å². The molecule has 2 nitrogen and oxygen atoms in total. The molecular weight excluding hydrogens is 345 g/mol. The van der Waals surface area contributed by atoms with Crippen molar-refractivity contribution in [2.75, 3.05) is 0 Å². The summed E-state index contributed by atoms with van der Waals surface area (Å²) < 4.78 is 93.5. The zero-order valence-corrected chi connectivity index (χ0v) is 11.6. The number of halogens is 7. The zero-order valence-electron chi connectivity index (χ0n) is 11.6. The smallest absolute Gasteiger partial charge is 0.406 e. The van der Waals surface area contributed by atoms with E-state index in [2.05, 4.69) is 4.74 Å². The van der Waals surface area contributed by atoms with Crippen molar-refractivity contribution in [3.63, 3.8) is 0 Å². The number of alkyl halides is 6. The van der Waals surface area contributed by atoms with Gasteiger partial charge >= 0.3 is 12.5 Å². The molecule has 2 aromatic carbocycles. The molecule has 2 aromatic rings. The second-order valence-corrected chi connectivity index (χ2v) is 4.79. The minimum atomic E-state index is -5.28. The van der Waals surface area contributed by atoms with Crippen LogP contribution in [0.1, 0.15) is 11.1 Å². The average molecular weight is 354 g/mol. The van der Waals surface area contributed by atoms with E-state index in [4.69, 9.17) is 0 Å². The SMILES string of the molecule is O[C@](c1ccc(F)cc1)(c1cccc(OC(F)(F)F)c1)C(F)(F)F. The largest absolute Gasteiger partial charge is 0.573 e. The standard InChI is InChI=1S/C15H9F7O2/c16-11-6-4-9(5-7-11)13(23,14(17,18)19)10-2-1-3-12(8-10)24-15(20,21)22/h1-8,23H/t13-/m1/s1. The van der Waals surface area contributed by atoms with Gasteiger partial charge in [0.2, 0.25) is 5.60 Å². The lowest BCUT2D eigenvalue weighted by Crippen LogP contribution is -2.43. The first kappa shape index (κ1) is 18.1. The number of ether oxygens (including phenoxy) is 1. The Morgan fingerprint density at radius 1 is 0.792 bits per heavy atom. The Labute approximate surface area is 131 Å². The first-order valence-corrected chi connectivity index (χ1v) is 6.35. The maximum Gasteiger partial charge on any atom is 0.573 e. The van der Waals surface area contributed by atoms with Crippen LogP contribution in [0, 0.1) is 5.82 Å². The van der Waals surface area contributed by atoms with Crippen LogP contribution >= 0.6 is 0 Å². The summed E-state index contributed by atoms with van der Waals surface area (Å²) in [7, 11) is 0. The third-order valence-corrected chi connectivity index (χ3v) is 3.16. The Kier molecular flexibility index (Phi) is 4.49. The van der Waals surface area contributed by atoms with E-state index in [1.54, 1.807) is 0 Å². The molecule has 130 valence electrons. The van der Waals surface area contributed by atoms with Crippen LogP contribution in [0.4, 0.5) is 30.7 Å². The molecule has 0 heterocycles. The third kappa shape index (κ3) is 3.61. The van der Waals surface area contributed by atoms with Gasteiger partial charge in [0.05, 0.1) is 0 Å². The number of hydrogen-bond donors (Lipinski definition) is 1. The molecule has 0 radical (unpaired) electrons. The topological polar surface area (TPSA) is 29.5 Å². The molecule has 0 amide bonds. The van der Waals surface area contributed by atoms with Crippen LogP contribution in [0.25, 0.3) is 0 Å². The van der Waals surface area contributed by atoms with Gasteiger partial charge in [-0.2, -0.15) is 13.2 Å². The fraction of sp³-hybridized carbons (Fsp3) is 0.200. The predicted octanol–water partition coefficient (Wildman–Crippen LogP) is 4.52. The molecule has 0 saturated heterocycles. The number of rotatable bonds is 3. The zero-order chi connectivity index (χ0) is 18.2. The van der Waals surface area contributed by atoms with Gasteiger partial charge < -0.3 is 9.84 Å². The minimum Gasteiger partial charge on any atom is -0.406 e. The van der Waals surface area contributed by atoms with E-state index < -0.39 is 40.8 Å². The van der Waals surface area contributed by atoms with E-state index in [1.165, 1.54) is 0 Å². The quantitative estimate of drug-likeness (QED) is 0.821. The molecule has 1 N–H and O–H groups in total.